The molecule has 232 valence electrons. The Labute approximate surface area is 239 Å². The zero-order valence-electron chi connectivity index (χ0n) is 23.9. The van der Waals surface area contributed by atoms with Gasteiger partial charge in [-0.1, -0.05) is 27.2 Å². The number of carbonyl (C=O) groups excluding carboxylic acids is 4. The first-order valence-electron chi connectivity index (χ1n) is 14.7. The van der Waals surface area contributed by atoms with Gasteiger partial charge in [-0.25, -0.2) is 4.39 Å². The summed E-state index contributed by atoms with van der Waals surface area (Å²) < 4.78 is 75.0. The van der Waals surface area contributed by atoms with E-state index in [1.165, 1.54) is 0 Å². The van der Waals surface area contributed by atoms with Crippen molar-refractivity contribution in [3.05, 3.63) is 0 Å². The monoisotopic (exact) mass is 606 g/mol. The number of hydrogen-bond acceptors (Lipinski definition) is 7. The number of fused-ring (bicyclic) bond motifs is 5. The van der Waals surface area contributed by atoms with E-state index in [1.807, 2.05) is 13.8 Å². The molecule has 4 aliphatic carbocycles. The van der Waals surface area contributed by atoms with Gasteiger partial charge in [0.2, 0.25) is 0 Å². The van der Waals surface area contributed by atoms with Gasteiger partial charge in [-0.3, -0.25) is 23.7 Å². The van der Waals surface area contributed by atoms with Gasteiger partial charge in [0.1, 0.15) is 17.3 Å². The molecule has 9 unspecified atom stereocenters. The fourth-order valence-electron chi connectivity index (χ4n) is 8.81. The second-order valence-corrected chi connectivity index (χ2v) is 14.8. The fourth-order valence-corrected chi connectivity index (χ4v) is 9.25. The lowest BCUT2D eigenvalue weighted by molar-refractivity contribution is -0.177. The minimum Gasteiger partial charge on any atom is -0.466 e. The van der Waals surface area contributed by atoms with Crippen molar-refractivity contribution in [3.63, 3.8) is 0 Å². The first-order valence-corrected chi connectivity index (χ1v) is 16.1. The van der Waals surface area contributed by atoms with Crippen molar-refractivity contribution >= 4 is 33.4 Å². The summed E-state index contributed by atoms with van der Waals surface area (Å²) in [7, 11) is -5.94. The summed E-state index contributed by atoms with van der Waals surface area (Å²) in [5, 5.41) is -5.00. The number of alkyl halides is 3. The molecule has 4 saturated carbocycles. The Morgan fingerprint density at radius 1 is 1.10 bits per heavy atom. The average molecular weight is 607 g/mol. The number of ketones is 3. The highest BCUT2D eigenvalue weighted by Gasteiger charge is 2.65. The quantitative estimate of drug-likeness (QED) is 0.282. The van der Waals surface area contributed by atoms with Gasteiger partial charge in [-0.05, 0) is 60.7 Å². The third-order valence-corrected chi connectivity index (χ3v) is 12.2. The maximum absolute atomic E-state index is 14.0. The zero-order valence-corrected chi connectivity index (χ0v) is 24.7. The van der Waals surface area contributed by atoms with Crippen molar-refractivity contribution in [1.29, 1.82) is 0 Å². The molecule has 12 heteroatoms. The van der Waals surface area contributed by atoms with Crippen LogP contribution in [-0.2, 0) is 34.0 Å². The van der Waals surface area contributed by atoms with Crippen LogP contribution in [0.2, 0.25) is 0 Å². The molecule has 4 aliphatic rings. The first kappa shape index (κ1) is 32.1. The average Bonchev–Trinajstić information content (AvgIpc) is 2.88. The second kappa shape index (κ2) is 11.4. The van der Waals surface area contributed by atoms with Crippen LogP contribution in [0.3, 0.4) is 0 Å². The van der Waals surface area contributed by atoms with Crippen LogP contribution in [0.5, 0.6) is 0 Å². The van der Waals surface area contributed by atoms with Crippen molar-refractivity contribution in [2.24, 2.45) is 46.3 Å². The van der Waals surface area contributed by atoms with Crippen LogP contribution in [0.15, 0.2) is 0 Å². The maximum Gasteiger partial charge on any atom is 0.400 e. The Morgan fingerprint density at radius 2 is 1.78 bits per heavy atom. The third-order valence-electron chi connectivity index (χ3n) is 11.3. The highest BCUT2D eigenvalue weighted by Crippen LogP contribution is 2.65. The molecular formula is C29H41F3O8S. The normalized spacial score (nSPS) is 37.4. The molecule has 9 atom stereocenters. The molecule has 0 bridgehead atoms. The SMILES string of the molecule is CC(CCC(=O)OCCC(F)C(F)(F)S(=O)(=O)O)C1CCCC2C3C(=O)CC4CC(=O)CCC4(C)C3CC(=O)C12C. The molecule has 41 heavy (non-hydrogen) atoms. The molecule has 0 radical (unpaired) electrons. The molecular weight excluding hydrogens is 565 g/mol. The zero-order chi connectivity index (χ0) is 30.5. The third kappa shape index (κ3) is 5.63. The lowest BCUT2D eigenvalue weighted by Crippen LogP contribution is -2.62. The summed E-state index contributed by atoms with van der Waals surface area (Å²) in [6, 6.07) is 0. The Hall–Kier alpha value is -1.82. The summed E-state index contributed by atoms with van der Waals surface area (Å²) in [4.78, 5) is 52.0. The number of esters is 1. The largest absolute Gasteiger partial charge is 0.466 e. The van der Waals surface area contributed by atoms with Crippen LogP contribution < -0.4 is 0 Å². The standard InChI is InChI=1S/C29H41F3O8S/c1-16(7-8-25(36)40-12-10-23(30)29(31,32)41(37,38)39)19-5-4-6-20-26-21(15-24(35)28(19,20)3)27(2)11-9-18(33)13-17(27)14-22(26)34/h16-17,19-21,23,26H,4-15H2,1-3H3,(H,37,38,39). The summed E-state index contributed by atoms with van der Waals surface area (Å²) in [6.07, 6.45) is 0.594. The van der Waals surface area contributed by atoms with Gasteiger partial charge in [0, 0.05) is 49.9 Å². The molecule has 0 heterocycles. The van der Waals surface area contributed by atoms with Gasteiger partial charge in [0.05, 0.1) is 6.61 Å². The molecule has 0 aromatic carbocycles. The van der Waals surface area contributed by atoms with Gasteiger partial charge in [-0.2, -0.15) is 17.2 Å². The van der Waals surface area contributed by atoms with E-state index in [2.05, 4.69) is 6.92 Å². The predicted molar refractivity (Wildman–Crippen MR) is 141 cm³/mol. The van der Waals surface area contributed by atoms with Crippen molar-refractivity contribution in [2.75, 3.05) is 6.61 Å². The molecule has 4 rings (SSSR count). The Balaban J connectivity index is 1.39. The number of Topliss-reactive ketones (excluding diaryl/α,β-unsaturated/α-hetero) is 3. The minimum atomic E-state index is -5.94. The summed E-state index contributed by atoms with van der Waals surface area (Å²) in [5.74, 6) is -0.828. The van der Waals surface area contributed by atoms with Crippen LogP contribution in [0, 0.1) is 46.3 Å². The van der Waals surface area contributed by atoms with Crippen LogP contribution in [0.25, 0.3) is 0 Å². The van der Waals surface area contributed by atoms with Crippen molar-refractivity contribution in [1.82, 2.24) is 0 Å². The van der Waals surface area contributed by atoms with E-state index < -0.39 is 46.0 Å². The van der Waals surface area contributed by atoms with E-state index in [9.17, 15) is 40.8 Å². The van der Waals surface area contributed by atoms with E-state index in [-0.39, 0.29) is 64.7 Å². The highest BCUT2D eigenvalue weighted by atomic mass is 32.2. The van der Waals surface area contributed by atoms with E-state index in [0.717, 1.165) is 19.3 Å². The van der Waals surface area contributed by atoms with Crippen LogP contribution in [-0.4, -0.2) is 54.3 Å². The van der Waals surface area contributed by atoms with E-state index >= 15 is 0 Å². The Kier molecular flexibility index (Phi) is 8.89. The molecule has 0 aromatic rings. The topological polar surface area (TPSA) is 132 Å². The van der Waals surface area contributed by atoms with Gasteiger partial charge in [0.25, 0.3) is 0 Å². The number of ether oxygens (including phenoxy) is 1. The molecule has 1 N–H and O–H groups in total. The fraction of sp³-hybridized carbons (Fsp3) is 0.862. The number of hydrogen-bond donors (Lipinski definition) is 1. The van der Waals surface area contributed by atoms with Crippen LogP contribution in [0.4, 0.5) is 13.2 Å². The molecule has 4 fully saturated rings. The second-order valence-electron chi connectivity index (χ2n) is 13.3. The van der Waals surface area contributed by atoms with Gasteiger partial charge in [0.15, 0.2) is 6.17 Å². The summed E-state index contributed by atoms with van der Waals surface area (Å²) in [5.41, 5.74) is -0.940. The Morgan fingerprint density at radius 3 is 2.44 bits per heavy atom. The minimum absolute atomic E-state index is 0.00840. The molecule has 0 aromatic heterocycles. The van der Waals surface area contributed by atoms with Crippen molar-refractivity contribution in [3.8, 4) is 0 Å². The van der Waals surface area contributed by atoms with Gasteiger partial charge >= 0.3 is 21.3 Å². The lowest BCUT2D eigenvalue weighted by atomic mass is 9.40. The molecule has 0 aliphatic heterocycles. The van der Waals surface area contributed by atoms with E-state index in [0.29, 0.717) is 38.5 Å². The van der Waals surface area contributed by atoms with Crippen LogP contribution >= 0.6 is 0 Å². The Bertz CT molecular complexity index is 1190. The predicted octanol–water partition coefficient (Wildman–Crippen LogP) is 5.13. The van der Waals surface area contributed by atoms with E-state index in [1.54, 1.807) is 0 Å². The number of rotatable bonds is 9. The number of halogens is 3. The first-order chi connectivity index (χ1) is 18.9. The van der Waals surface area contributed by atoms with Crippen LogP contribution in [0.1, 0.15) is 91.4 Å². The smallest absolute Gasteiger partial charge is 0.400 e. The van der Waals surface area contributed by atoms with Gasteiger partial charge < -0.3 is 4.74 Å². The molecule has 0 spiro atoms. The van der Waals surface area contributed by atoms with Crippen molar-refractivity contribution < 1.29 is 50.1 Å². The van der Waals surface area contributed by atoms with Gasteiger partial charge in [-0.15, -0.1) is 0 Å². The number of carbonyl (C=O) groups is 4. The highest BCUT2D eigenvalue weighted by molar-refractivity contribution is 7.86. The molecule has 0 amide bonds. The summed E-state index contributed by atoms with van der Waals surface area (Å²) >= 11 is 0. The maximum atomic E-state index is 14.0. The molecule has 8 nitrogen and oxygen atoms in total. The summed E-state index contributed by atoms with van der Waals surface area (Å²) in [6.45, 7) is 5.30. The van der Waals surface area contributed by atoms with Crippen molar-refractivity contribution in [2.45, 2.75) is 103 Å². The lowest BCUT2D eigenvalue weighted by Gasteiger charge is -2.62. The molecule has 0 saturated heterocycles. The van der Waals surface area contributed by atoms with E-state index in [4.69, 9.17) is 9.29 Å².